The smallest absolute Gasteiger partial charge is 0.374 e. The number of esters is 2. The number of hydrogen-bond acceptors (Lipinski definition) is 4. The van der Waals surface area contributed by atoms with E-state index >= 15 is 0 Å². The van der Waals surface area contributed by atoms with Crippen LogP contribution in [-0.2, 0) is 19.1 Å². The van der Waals surface area contributed by atoms with E-state index in [1.54, 1.807) is 31.2 Å². The molecule has 0 atom stereocenters. The van der Waals surface area contributed by atoms with Crippen molar-refractivity contribution >= 4 is 29.6 Å². The third-order valence-corrected chi connectivity index (χ3v) is 2.15. The third-order valence-electron chi connectivity index (χ3n) is 1.90. The van der Waals surface area contributed by atoms with Gasteiger partial charge in [0.25, 0.3) is 0 Å². The molecule has 5 heteroatoms. The first kappa shape index (κ1) is 14.3. The summed E-state index contributed by atoms with van der Waals surface area (Å²) < 4.78 is 9.60. The van der Waals surface area contributed by atoms with Crippen LogP contribution in [0.15, 0.2) is 30.0 Å². The van der Waals surface area contributed by atoms with Gasteiger partial charge in [-0.2, -0.15) is 0 Å². The van der Waals surface area contributed by atoms with E-state index in [0.29, 0.717) is 10.6 Å². The normalized spacial score (nSPS) is 10.9. The zero-order valence-corrected chi connectivity index (χ0v) is 10.9. The van der Waals surface area contributed by atoms with Gasteiger partial charge in [-0.05, 0) is 30.7 Å². The molecule has 0 aliphatic heterocycles. The highest BCUT2D eigenvalue weighted by molar-refractivity contribution is 6.30. The molecule has 0 aromatic heterocycles. The Morgan fingerprint density at radius 1 is 1.28 bits per heavy atom. The summed E-state index contributed by atoms with van der Waals surface area (Å²) in [6.07, 6.45) is 1.43. The average molecular weight is 269 g/mol. The van der Waals surface area contributed by atoms with Crippen LogP contribution in [-0.4, -0.2) is 18.5 Å². The first-order valence-electron chi connectivity index (χ1n) is 5.35. The first-order valence-corrected chi connectivity index (χ1v) is 5.73. The van der Waals surface area contributed by atoms with Crippen molar-refractivity contribution in [2.75, 3.05) is 6.61 Å². The maximum atomic E-state index is 11.6. The van der Waals surface area contributed by atoms with Gasteiger partial charge in [0.05, 0.1) is 6.61 Å². The molecule has 1 aromatic rings. The number of carbonyl (C=O) groups excluding carboxylic acids is 2. The van der Waals surface area contributed by atoms with Crippen molar-refractivity contribution in [1.82, 2.24) is 0 Å². The van der Waals surface area contributed by atoms with Crippen LogP contribution in [0.4, 0.5) is 0 Å². The molecule has 1 rings (SSSR count). The number of halogens is 1. The highest BCUT2D eigenvalue weighted by Gasteiger charge is 2.14. The summed E-state index contributed by atoms with van der Waals surface area (Å²) in [5.74, 6) is -1.41. The van der Waals surface area contributed by atoms with Gasteiger partial charge >= 0.3 is 11.9 Å². The van der Waals surface area contributed by atoms with Crippen molar-refractivity contribution in [3.63, 3.8) is 0 Å². The van der Waals surface area contributed by atoms with Gasteiger partial charge in [0.15, 0.2) is 0 Å². The highest BCUT2D eigenvalue weighted by Crippen LogP contribution is 2.14. The van der Waals surface area contributed by atoms with Crippen LogP contribution in [0.2, 0.25) is 5.02 Å². The molecular formula is C13H13ClO4. The van der Waals surface area contributed by atoms with E-state index in [9.17, 15) is 9.59 Å². The maximum absolute atomic E-state index is 11.6. The van der Waals surface area contributed by atoms with Gasteiger partial charge < -0.3 is 9.47 Å². The van der Waals surface area contributed by atoms with E-state index in [4.69, 9.17) is 21.1 Å². The van der Waals surface area contributed by atoms with Gasteiger partial charge in [0.1, 0.15) is 0 Å². The lowest BCUT2D eigenvalue weighted by Crippen LogP contribution is -2.12. The molecule has 0 amide bonds. The third kappa shape index (κ3) is 4.59. The Labute approximate surface area is 110 Å². The van der Waals surface area contributed by atoms with Gasteiger partial charge in [0, 0.05) is 11.9 Å². The monoisotopic (exact) mass is 268 g/mol. The van der Waals surface area contributed by atoms with Crippen LogP contribution >= 0.6 is 11.6 Å². The Morgan fingerprint density at radius 2 is 1.89 bits per heavy atom. The number of rotatable bonds is 4. The molecule has 0 bridgehead atoms. The second-order valence-corrected chi connectivity index (χ2v) is 3.81. The van der Waals surface area contributed by atoms with E-state index < -0.39 is 11.9 Å². The highest BCUT2D eigenvalue weighted by atomic mass is 35.5. The molecule has 18 heavy (non-hydrogen) atoms. The molecular weight excluding hydrogens is 256 g/mol. The van der Waals surface area contributed by atoms with Crippen molar-refractivity contribution in [2.45, 2.75) is 13.8 Å². The summed E-state index contributed by atoms with van der Waals surface area (Å²) in [5.41, 5.74) is 0.684. The predicted molar refractivity (Wildman–Crippen MR) is 67.8 cm³/mol. The molecule has 0 aliphatic rings. The molecule has 0 heterocycles. The van der Waals surface area contributed by atoms with E-state index in [0.717, 1.165) is 0 Å². The van der Waals surface area contributed by atoms with E-state index in [1.165, 1.54) is 13.0 Å². The lowest BCUT2D eigenvalue weighted by Gasteiger charge is -2.06. The van der Waals surface area contributed by atoms with Crippen LogP contribution in [0.5, 0.6) is 0 Å². The molecule has 96 valence electrons. The van der Waals surface area contributed by atoms with Gasteiger partial charge in [0.2, 0.25) is 5.76 Å². The van der Waals surface area contributed by atoms with Gasteiger partial charge in [-0.15, -0.1) is 0 Å². The van der Waals surface area contributed by atoms with Crippen LogP contribution in [0, 0.1) is 0 Å². The summed E-state index contributed by atoms with van der Waals surface area (Å²) in [6, 6.07) is 6.74. The second-order valence-electron chi connectivity index (χ2n) is 3.37. The zero-order chi connectivity index (χ0) is 13.5. The lowest BCUT2D eigenvalue weighted by molar-refractivity contribution is -0.149. The molecule has 0 unspecified atom stereocenters. The SMILES string of the molecule is CCOC(=O)/C(=C/c1ccc(Cl)cc1)OC(C)=O. The Kier molecular flexibility index (Phi) is 5.39. The fourth-order valence-electron chi connectivity index (χ4n) is 1.20. The van der Waals surface area contributed by atoms with E-state index in [1.807, 2.05) is 0 Å². The summed E-state index contributed by atoms with van der Waals surface area (Å²) in [4.78, 5) is 22.5. The summed E-state index contributed by atoms with van der Waals surface area (Å²) in [5, 5.41) is 0.581. The molecule has 0 saturated carbocycles. The molecule has 0 fully saturated rings. The molecule has 1 aromatic carbocycles. The van der Waals surface area contributed by atoms with Crippen molar-refractivity contribution in [3.05, 3.63) is 40.6 Å². The van der Waals surface area contributed by atoms with Crippen LogP contribution in [0.25, 0.3) is 6.08 Å². The fourth-order valence-corrected chi connectivity index (χ4v) is 1.32. The largest absolute Gasteiger partial charge is 0.460 e. The first-order chi connectivity index (χ1) is 8.52. The van der Waals surface area contributed by atoms with Gasteiger partial charge in [-0.1, -0.05) is 23.7 Å². The summed E-state index contributed by atoms with van der Waals surface area (Å²) >= 11 is 5.75. The number of benzene rings is 1. The van der Waals surface area contributed by atoms with E-state index in [2.05, 4.69) is 0 Å². The summed E-state index contributed by atoms with van der Waals surface area (Å²) in [7, 11) is 0. The number of hydrogen-bond donors (Lipinski definition) is 0. The summed E-state index contributed by atoms with van der Waals surface area (Å²) in [6.45, 7) is 3.10. The molecule has 0 N–H and O–H groups in total. The minimum atomic E-state index is -0.678. The zero-order valence-electron chi connectivity index (χ0n) is 10.1. The molecule has 4 nitrogen and oxygen atoms in total. The van der Waals surface area contributed by atoms with Gasteiger partial charge in [-0.25, -0.2) is 4.79 Å². The maximum Gasteiger partial charge on any atom is 0.374 e. The van der Waals surface area contributed by atoms with Crippen molar-refractivity contribution in [2.24, 2.45) is 0 Å². The van der Waals surface area contributed by atoms with E-state index in [-0.39, 0.29) is 12.4 Å². The lowest BCUT2D eigenvalue weighted by atomic mass is 10.2. The van der Waals surface area contributed by atoms with Gasteiger partial charge in [-0.3, -0.25) is 4.79 Å². The Hall–Kier alpha value is -1.81. The molecule has 0 spiro atoms. The standard InChI is InChI=1S/C13H13ClO4/c1-3-17-13(16)12(18-9(2)15)8-10-4-6-11(14)7-5-10/h4-8H,3H2,1-2H3/b12-8-. The van der Waals surface area contributed by atoms with Crippen molar-refractivity contribution < 1.29 is 19.1 Å². The predicted octanol–water partition coefficient (Wildman–Crippen LogP) is 2.81. The molecule has 0 radical (unpaired) electrons. The Morgan fingerprint density at radius 3 is 2.39 bits per heavy atom. The quantitative estimate of drug-likeness (QED) is 0.479. The number of ether oxygens (including phenoxy) is 2. The van der Waals surface area contributed by atoms with Crippen LogP contribution in [0.1, 0.15) is 19.4 Å². The fraction of sp³-hybridized carbons (Fsp3) is 0.231. The topological polar surface area (TPSA) is 52.6 Å². The Bertz CT molecular complexity index is 462. The second kappa shape index (κ2) is 6.81. The number of carbonyl (C=O) groups is 2. The molecule has 0 saturated heterocycles. The van der Waals surface area contributed by atoms with Crippen molar-refractivity contribution in [3.8, 4) is 0 Å². The van der Waals surface area contributed by atoms with Crippen LogP contribution < -0.4 is 0 Å². The Balaban J connectivity index is 2.97. The van der Waals surface area contributed by atoms with Crippen LogP contribution in [0.3, 0.4) is 0 Å². The minimum Gasteiger partial charge on any atom is -0.460 e. The average Bonchev–Trinajstić information content (AvgIpc) is 2.31. The van der Waals surface area contributed by atoms with Crippen molar-refractivity contribution in [1.29, 1.82) is 0 Å². The molecule has 0 aliphatic carbocycles. The minimum absolute atomic E-state index is 0.147.